The van der Waals surface area contributed by atoms with E-state index in [1.807, 2.05) is 0 Å². The molecule has 0 saturated carbocycles. The maximum absolute atomic E-state index is 9.24. The Morgan fingerprint density at radius 2 is 1.18 bits per heavy atom. The van der Waals surface area contributed by atoms with Crippen molar-refractivity contribution in [2.24, 2.45) is 11.5 Å². The second kappa shape index (κ2) is 26.3. The fraction of sp³-hybridized carbons (Fsp3) is 0.955. The van der Waals surface area contributed by atoms with Crippen LogP contribution in [0.2, 0.25) is 0 Å². The fourth-order valence-electron chi connectivity index (χ4n) is 3.03. The molecule has 170 valence electrons. The number of carboxylic acid groups (broad SMARTS) is 1. The smallest absolute Gasteiger partial charge is 0.317 e. The Morgan fingerprint density at radius 3 is 1.57 bits per heavy atom. The van der Waals surface area contributed by atoms with E-state index in [4.69, 9.17) is 10.8 Å². The van der Waals surface area contributed by atoms with Gasteiger partial charge < -0.3 is 26.8 Å². The van der Waals surface area contributed by atoms with Gasteiger partial charge in [0.2, 0.25) is 0 Å². The molecule has 6 nitrogen and oxygen atoms in total. The third-order valence-electron chi connectivity index (χ3n) is 4.76. The fourth-order valence-corrected chi connectivity index (χ4v) is 3.03. The van der Waals surface area contributed by atoms with E-state index < -0.39 is 5.97 Å². The van der Waals surface area contributed by atoms with Crippen LogP contribution >= 0.6 is 0 Å². The van der Waals surface area contributed by atoms with Crippen LogP contribution < -0.4 is 16.8 Å². The molecule has 0 aromatic heterocycles. The summed E-state index contributed by atoms with van der Waals surface area (Å²) in [6.07, 6.45) is 16.7. The van der Waals surface area contributed by atoms with Crippen molar-refractivity contribution in [1.29, 1.82) is 0 Å². The van der Waals surface area contributed by atoms with Gasteiger partial charge in [0.25, 0.3) is 0 Å². The van der Waals surface area contributed by atoms with Crippen molar-refractivity contribution in [1.82, 2.24) is 10.2 Å². The summed E-state index contributed by atoms with van der Waals surface area (Å²) in [5.41, 5.74) is 10.1. The summed E-state index contributed by atoms with van der Waals surface area (Å²) in [5.74, 6) is -0.968. The summed E-state index contributed by atoms with van der Waals surface area (Å²) < 4.78 is 0. The first kappa shape index (κ1) is 29.5. The minimum atomic E-state index is -0.968. The minimum absolute atomic E-state index is 0.278. The van der Waals surface area contributed by atoms with E-state index >= 15 is 0 Å². The Balaban J connectivity index is 0. The lowest BCUT2D eigenvalue weighted by Crippen LogP contribution is -2.35. The van der Waals surface area contributed by atoms with Crippen molar-refractivity contribution in [3.8, 4) is 0 Å². The van der Waals surface area contributed by atoms with Gasteiger partial charge in [0.15, 0.2) is 0 Å². The number of nitrogens with zero attached hydrogens (tertiary/aromatic N) is 1. The van der Waals surface area contributed by atoms with Crippen LogP contribution in [-0.4, -0.2) is 61.8 Å². The molecule has 0 fully saturated rings. The molecule has 0 aliphatic carbocycles. The van der Waals surface area contributed by atoms with Crippen LogP contribution in [-0.2, 0) is 4.79 Å². The molecule has 0 aromatic rings. The van der Waals surface area contributed by atoms with Crippen LogP contribution in [0.25, 0.3) is 0 Å². The second-order valence-corrected chi connectivity index (χ2v) is 7.51. The molecule has 0 aromatic carbocycles. The van der Waals surface area contributed by atoms with Crippen LogP contribution in [0, 0.1) is 0 Å². The number of carboxylic acids is 1. The highest BCUT2D eigenvalue weighted by molar-refractivity contribution is 5.68. The lowest BCUT2D eigenvalue weighted by molar-refractivity contribution is -0.135. The maximum Gasteiger partial charge on any atom is 0.317 e. The summed E-state index contributed by atoms with van der Waals surface area (Å²) in [4.78, 5) is 11.9. The van der Waals surface area contributed by atoms with Gasteiger partial charge in [-0.3, -0.25) is 4.79 Å². The number of rotatable bonds is 20. The van der Waals surface area contributed by atoms with Crippen LogP contribution in [0.5, 0.6) is 0 Å². The zero-order chi connectivity index (χ0) is 21.3. The lowest BCUT2D eigenvalue weighted by atomic mass is 10.1. The topological polar surface area (TPSA) is 105 Å². The van der Waals surface area contributed by atoms with E-state index in [1.54, 1.807) is 0 Å². The highest BCUT2D eigenvalue weighted by Crippen LogP contribution is 2.08. The Hall–Kier alpha value is -0.690. The van der Waals surface area contributed by atoms with Crippen molar-refractivity contribution in [2.75, 3.05) is 45.8 Å². The van der Waals surface area contributed by atoms with Crippen molar-refractivity contribution in [2.45, 2.75) is 90.9 Å². The van der Waals surface area contributed by atoms with Gasteiger partial charge in [-0.15, -0.1) is 0 Å². The predicted octanol–water partition coefficient (Wildman–Crippen LogP) is 3.59. The molecule has 0 rings (SSSR count). The number of unbranched alkanes of at least 4 members (excludes halogenated alkanes) is 10. The van der Waals surface area contributed by atoms with E-state index in [-0.39, 0.29) is 6.54 Å². The van der Waals surface area contributed by atoms with Crippen molar-refractivity contribution in [3.05, 3.63) is 0 Å². The molecule has 0 saturated heterocycles. The summed E-state index contributed by atoms with van der Waals surface area (Å²) in [6.45, 7) is 10.8. The van der Waals surface area contributed by atoms with Gasteiger partial charge in [-0.05, 0) is 25.9 Å². The summed E-state index contributed by atoms with van der Waals surface area (Å²) in [5, 5.41) is 11.0. The molecule has 0 aliphatic rings. The number of aliphatic carboxylic acids is 1. The highest BCUT2D eigenvalue weighted by atomic mass is 16.4. The molecule has 28 heavy (non-hydrogen) atoms. The van der Waals surface area contributed by atoms with Crippen molar-refractivity contribution < 1.29 is 9.90 Å². The number of nitrogens with one attached hydrogen (secondary N) is 1. The first-order chi connectivity index (χ1) is 13.6. The largest absolute Gasteiger partial charge is 0.480 e. The van der Waals surface area contributed by atoms with E-state index in [1.165, 1.54) is 96.7 Å². The summed E-state index contributed by atoms with van der Waals surface area (Å²) >= 11 is 0. The first-order valence-electron chi connectivity index (χ1n) is 11.7. The summed E-state index contributed by atoms with van der Waals surface area (Å²) in [6, 6.07) is 0. The van der Waals surface area contributed by atoms with Crippen molar-refractivity contribution in [3.63, 3.8) is 0 Å². The lowest BCUT2D eigenvalue weighted by Gasteiger charge is -2.22. The zero-order valence-corrected chi connectivity index (χ0v) is 18.9. The molecular formula is C22H50N4O2. The number of hydrogen-bond donors (Lipinski definition) is 4. The SMILES string of the molecule is CCCCCCCCN(CCCCCCCC)CCNCCN.NCC(=O)O. The normalized spacial score (nSPS) is 10.8. The number of hydrogen-bond acceptors (Lipinski definition) is 5. The third-order valence-corrected chi connectivity index (χ3v) is 4.76. The quantitative estimate of drug-likeness (QED) is 0.232. The van der Waals surface area contributed by atoms with Gasteiger partial charge in [0.05, 0.1) is 6.54 Å². The monoisotopic (exact) mass is 402 g/mol. The average Bonchev–Trinajstić information content (AvgIpc) is 2.70. The first-order valence-corrected chi connectivity index (χ1v) is 11.7. The molecule has 0 atom stereocenters. The van der Waals surface area contributed by atoms with Gasteiger partial charge in [-0.25, -0.2) is 0 Å². The Bertz CT molecular complexity index is 288. The predicted molar refractivity (Wildman–Crippen MR) is 122 cm³/mol. The van der Waals surface area contributed by atoms with E-state index in [9.17, 15) is 4.79 Å². The number of carbonyl (C=O) groups is 1. The van der Waals surface area contributed by atoms with Gasteiger partial charge in [0, 0.05) is 26.2 Å². The Kier molecular flexibility index (Phi) is 27.7. The van der Waals surface area contributed by atoms with Crippen LogP contribution in [0.15, 0.2) is 0 Å². The van der Waals surface area contributed by atoms with Gasteiger partial charge in [0.1, 0.15) is 0 Å². The van der Waals surface area contributed by atoms with E-state index in [0.29, 0.717) is 0 Å². The summed E-state index contributed by atoms with van der Waals surface area (Å²) in [7, 11) is 0. The average molecular weight is 403 g/mol. The zero-order valence-electron chi connectivity index (χ0n) is 18.9. The Morgan fingerprint density at radius 1 is 0.750 bits per heavy atom. The minimum Gasteiger partial charge on any atom is -0.480 e. The molecule has 0 aliphatic heterocycles. The molecule has 0 spiro atoms. The second-order valence-electron chi connectivity index (χ2n) is 7.51. The van der Waals surface area contributed by atoms with E-state index in [0.717, 1.165) is 19.6 Å². The van der Waals surface area contributed by atoms with Gasteiger partial charge >= 0.3 is 5.97 Å². The molecule has 0 heterocycles. The van der Waals surface area contributed by atoms with Crippen LogP contribution in [0.3, 0.4) is 0 Å². The molecule has 0 radical (unpaired) electrons. The molecule has 6 N–H and O–H groups in total. The van der Waals surface area contributed by atoms with Gasteiger partial charge in [-0.2, -0.15) is 0 Å². The highest BCUT2D eigenvalue weighted by Gasteiger charge is 2.04. The van der Waals surface area contributed by atoms with Crippen molar-refractivity contribution >= 4 is 5.97 Å². The number of nitrogens with two attached hydrogens (primary N) is 2. The van der Waals surface area contributed by atoms with Crippen LogP contribution in [0.4, 0.5) is 0 Å². The van der Waals surface area contributed by atoms with Crippen LogP contribution in [0.1, 0.15) is 90.9 Å². The molecule has 0 unspecified atom stereocenters. The molecule has 0 amide bonds. The van der Waals surface area contributed by atoms with Gasteiger partial charge in [-0.1, -0.05) is 78.1 Å². The standard InChI is InChI=1S/C20H45N3.C2H5NO2/c1-3-5-7-9-11-13-18-23(20-17-22-16-15-21)19-14-12-10-8-6-4-2;3-1-2(4)5/h22H,3-21H2,1-2H3;1,3H2,(H,4,5). The molecular weight excluding hydrogens is 352 g/mol. The van der Waals surface area contributed by atoms with E-state index in [2.05, 4.69) is 29.8 Å². The third kappa shape index (κ3) is 27.5. The maximum atomic E-state index is 9.24. The Labute approximate surface area is 174 Å². The molecule has 6 heteroatoms. The molecule has 0 bridgehead atoms.